The minimum atomic E-state index is 0.263. The second-order valence-corrected chi connectivity index (χ2v) is 7.06. The Kier molecular flexibility index (Phi) is 3.63. The summed E-state index contributed by atoms with van der Waals surface area (Å²) >= 11 is 0. The van der Waals surface area contributed by atoms with Crippen LogP contribution in [0, 0.1) is 6.92 Å². The van der Waals surface area contributed by atoms with Gasteiger partial charge in [-0.3, -0.25) is 0 Å². The molecule has 8 nitrogen and oxygen atoms in total. The van der Waals surface area contributed by atoms with Gasteiger partial charge in [0.25, 0.3) is 0 Å². The Labute approximate surface area is 156 Å². The molecule has 4 heterocycles. The molecule has 136 valence electrons. The van der Waals surface area contributed by atoms with E-state index in [0.717, 1.165) is 41.6 Å². The number of hydrogen-bond donors (Lipinski definition) is 0. The van der Waals surface area contributed by atoms with Crippen molar-refractivity contribution in [2.24, 2.45) is 0 Å². The van der Waals surface area contributed by atoms with Crippen LogP contribution in [0.5, 0.6) is 0 Å². The Hall–Kier alpha value is -3.29. The second kappa shape index (κ2) is 6.15. The molecule has 0 fully saturated rings. The summed E-state index contributed by atoms with van der Waals surface area (Å²) < 4.78 is 4.01. The number of anilines is 1. The molecule has 1 aliphatic rings. The van der Waals surface area contributed by atoms with E-state index in [1.807, 2.05) is 13.0 Å². The van der Waals surface area contributed by atoms with Crippen molar-refractivity contribution in [1.29, 1.82) is 0 Å². The molecule has 0 saturated carbocycles. The number of fused-ring (bicyclic) bond motifs is 2. The highest BCUT2D eigenvalue weighted by atomic mass is 15.4. The third kappa shape index (κ3) is 2.73. The molecule has 4 aromatic rings. The van der Waals surface area contributed by atoms with E-state index >= 15 is 0 Å². The molecule has 1 atom stereocenters. The molecule has 0 aliphatic carbocycles. The highest BCUT2D eigenvalue weighted by Gasteiger charge is 2.28. The summed E-state index contributed by atoms with van der Waals surface area (Å²) in [7, 11) is 0. The summed E-state index contributed by atoms with van der Waals surface area (Å²) in [6.45, 7) is 5.75. The fourth-order valence-corrected chi connectivity index (χ4v) is 3.86. The van der Waals surface area contributed by atoms with Crippen molar-refractivity contribution in [3.63, 3.8) is 0 Å². The molecule has 8 heteroatoms. The van der Waals surface area contributed by atoms with E-state index in [9.17, 15) is 0 Å². The summed E-state index contributed by atoms with van der Waals surface area (Å²) in [5, 5.41) is 21.6. The molecule has 0 saturated heterocycles. The molecule has 0 spiro atoms. The van der Waals surface area contributed by atoms with Gasteiger partial charge in [0.15, 0.2) is 5.82 Å². The van der Waals surface area contributed by atoms with Crippen LogP contribution in [-0.2, 0) is 13.0 Å². The molecule has 0 radical (unpaired) electrons. The highest BCUT2D eigenvalue weighted by molar-refractivity contribution is 5.68. The second-order valence-electron chi connectivity index (χ2n) is 7.06. The van der Waals surface area contributed by atoms with E-state index < -0.39 is 0 Å². The van der Waals surface area contributed by atoms with Gasteiger partial charge in [-0.15, -0.1) is 20.4 Å². The first-order chi connectivity index (χ1) is 13.2. The zero-order chi connectivity index (χ0) is 18.4. The number of benzene rings is 1. The maximum Gasteiger partial charge on any atom is 0.200 e. The zero-order valence-corrected chi connectivity index (χ0v) is 15.3. The Bertz CT molecular complexity index is 1100. The minimum Gasteiger partial charge on any atom is -0.359 e. The average Bonchev–Trinajstić information content (AvgIpc) is 3.29. The van der Waals surface area contributed by atoms with Gasteiger partial charge in [0.2, 0.25) is 5.65 Å². The molecule has 5 rings (SSSR count). The third-order valence-electron chi connectivity index (χ3n) is 5.01. The molecule has 1 aliphatic heterocycles. The summed E-state index contributed by atoms with van der Waals surface area (Å²) in [5.74, 6) is 1.99. The van der Waals surface area contributed by atoms with Crippen molar-refractivity contribution in [3.05, 3.63) is 65.6 Å². The van der Waals surface area contributed by atoms with Crippen molar-refractivity contribution in [2.45, 2.75) is 32.9 Å². The van der Waals surface area contributed by atoms with E-state index in [2.05, 4.69) is 72.2 Å². The molecular weight excluding hydrogens is 340 g/mol. The lowest BCUT2D eigenvalue weighted by atomic mass is 10.1. The molecule has 3 aromatic heterocycles. The molecule has 1 aromatic carbocycles. The molecule has 0 N–H and O–H groups in total. The van der Waals surface area contributed by atoms with Crippen molar-refractivity contribution < 1.29 is 0 Å². The SMILES string of the molecule is Cc1cc(N2Cc3nnc(Cc4ccccc4)n3[C@@H](C)C2)c2nncn2n1. The molecule has 27 heavy (non-hydrogen) atoms. The van der Waals surface area contributed by atoms with Crippen molar-refractivity contribution in [3.8, 4) is 0 Å². The topological polar surface area (TPSA) is 77.0 Å². The van der Waals surface area contributed by atoms with Gasteiger partial charge >= 0.3 is 0 Å². The van der Waals surface area contributed by atoms with E-state index in [4.69, 9.17) is 0 Å². The monoisotopic (exact) mass is 360 g/mol. The van der Waals surface area contributed by atoms with Gasteiger partial charge in [-0.2, -0.15) is 9.61 Å². The Balaban J connectivity index is 1.49. The minimum absolute atomic E-state index is 0.263. The van der Waals surface area contributed by atoms with Crippen molar-refractivity contribution >= 4 is 11.3 Å². The van der Waals surface area contributed by atoms with Crippen LogP contribution in [0.4, 0.5) is 5.69 Å². The number of hydrogen-bond acceptors (Lipinski definition) is 6. The lowest BCUT2D eigenvalue weighted by Crippen LogP contribution is -2.37. The largest absolute Gasteiger partial charge is 0.359 e. The van der Waals surface area contributed by atoms with Gasteiger partial charge in [-0.1, -0.05) is 30.3 Å². The molecule has 0 amide bonds. The van der Waals surface area contributed by atoms with Crippen LogP contribution in [0.3, 0.4) is 0 Å². The highest BCUT2D eigenvalue weighted by Crippen LogP contribution is 2.29. The maximum atomic E-state index is 4.48. The summed E-state index contributed by atoms with van der Waals surface area (Å²) in [4.78, 5) is 2.29. The van der Waals surface area contributed by atoms with Crippen LogP contribution >= 0.6 is 0 Å². The fourth-order valence-electron chi connectivity index (χ4n) is 3.86. The van der Waals surface area contributed by atoms with E-state index in [1.165, 1.54) is 5.56 Å². The van der Waals surface area contributed by atoms with Crippen LogP contribution in [0.25, 0.3) is 5.65 Å². The first-order valence-corrected chi connectivity index (χ1v) is 9.08. The van der Waals surface area contributed by atoms with Crippen LogP contribution < -0.4 is 4.90 Å². The lowest BCUT2D eigenvalue weighted by molar-refractivity contribution is 0.452. The number of aryl methyl sites for hydroxylation is 1. The summed E-state index contributed by atoms with van der Waals surface area (Å²) in [6, 6.07) is 12.7. The van der Waals surface area contributed by atoms with Crippen LogP contribution in [0.2, 0.25) is 0 Å². The predicted molar refractivity (Wildman–Crippen MR) is 101 cm³/mol. The Morgan fingerprint density at radius 1 is 1.11 bits per heavy atom. The molecular formula is C19H20N8. The van der Waals surface area contributed by atoms with Crippen LogP contribution in [-0.4, -0.2) is 41.1 Å². The normalized spacial score (nSPS) is 16.7. The first kappa shape index (κ1) is 15.9. The third-order valence-corrected chi connectivity index (χ3v) is 5.01. The van der Waals surface area contributed by atoms with E-state index in [-0.39, 0.29) is 6.04 Å². The number of nitrogens with zero attached hydrogens (tertiary/aromatic N) is 8. The summed E-state index contributed by atoms with van der Waals surface area (Å²) in [5.41, 5.74) is 3.98. The van der Waals surface area contributed by atoms with E-state index in [1.54, 1.807) is 10.8 Å². The average molecular weight is 360 g/mol. The number of aromatic nitrogens is 7. The Morgan fingerprint density at radius 2 is 1.96 bits per heavy atom. The van der Waals surface area contributed by atoms with Gasteiger partial charge in [-0.05, 0) is 25.5 Å². The predicted octanol–water partition coefficient (Wildman–Crippen LogP) is 2.20. The van der Waals surface area contributed by atoms with Gasteiger partial charge in [0, 0.05) is 13.0 Å². The molecule has 0 unspecified atom stereocenters. The smallest absolute Gasteiger partial charge is 0.200 e. The van der Waals surface area contributed by atoms with E-state index in [0.29, 0.717) is 6.54 Å². The zero-order valence-electron chi connectivity index (χ0n) is 15.3. The van der Waals surface area contributed by atoms with Gasteiger partial charge < -0.3 is 9.47 Å². The lowest BCUT2D eigenvalue weighted by Gasteiger charge is -2.34. The summed E-state index contributed by atoms with van der Waals surface area (Å²) in [6.07, 6.45) is 2.43. The first-order valence-electron chi connectivity index (χ1n) is 9.08. The quantitative estimate of drug-likeness (QED) is 0.557. The van der Waals surface area contributed by atoms with Crippen molar-refractivity contribution in [2.75, 3.05) is 11.4 Å². The van der Waals surface area contributed by atoms with Gasteiger partial charge in [0.1, 0.15) is 12.2 Å². The van der Waals surface area contributed by atoms with Crippen molar-refractivity contribution in [1.82, 2.24) is 34.6 Å². The van der Waals surface area contributed by atoms with Gasteiger partial charge in [0.05, 0.1) is 24.0 Å². The number of rotatable bonds is 3. The fraction of sp³-hybridized carbons (Fsp3) is 0.316. The maximum absolute atomic E-state index is 4.48. The molecule has 0 bridgehead atoms. The Morgan fingerprint density at radius 3 is 2.81 bits per heavy atom. The van der Waals surface area contributed by atoms with Crippen LogP contribution in [0.15, 0.2) is 42.7 Å². The standard InChI is InChI=1S/C19H20N8/c1-13-8-16(19-23-20-12-26(19)24-13)25-10-14(2)27-17(21-22-18(27)11-25)9-15-6-4-3-5-7-15/h3-8,12,14H,9-11H2,1-2H3/t14-/m0/s1. The van der Waals surface area contributed by atoms with Crippen LogP contribution in [0.1, 0.15) is 35.9 Å². The van der Waals surface area contributed by atoms with Gasteiger partial charge in [-0.25, -0.2) is 0 Å².